The van der Waals surface area contributed by atoms with Crippen LogP contribution >= 0.6 is 0 Å². The highest BCUT2D eigenvalue weighted by Gasteiger charge is 2.23. The van der Waals surface area contributed by atoms with E-state index in [9.17, 15) is 5.11 Å². The largest absolute Gasteiger partial charge is 0.507 e. The van der Waals surface area contributed by atoms with Gasteiger partial charge in [-0.3, -0.25) is 4.99 Å². The minimum atomic E-state index is -0.108. The molecule has 50 heavy (non-hydrogen) atoms. The van der Waals surface area contributed by atoms with E-state index in [1.54, 1.807) is 12.3 Å². The van der Waals surface area contributed by atoms with Crippen LogP contribution in [0.25, 0.3) is 55.6 Å². The summed E-state index contributed by atoms with van der Waals surface area (Å²) in [6.07, 6.45) is 1.75. The van der Waals surface area contributed by atoms with Crippen LogP contribution in [0.1, 0.15) is 69.4 Å². The highest BCUT2D eigenvalue weighted by molar-refractivity contribution is 6.03. The number of aliphatic imine (C=N–C) groups is 1. The van der Waals surface area contributed by atoms with Crippen molar-refractivity contribution in [3.63, 3.8) is 0 Å². The molecule has 0 aliphatic heterocycles. The maximum Gasteiger partial charge on any atom is 0.229 e. The van der Waals surface area contributed by atoms with Crippen molar-refractivity contribution >= 4 is 33.8 Å². The van der Waals surface area contributed by atoms with Crippen LogP contribution in [0.2, 0.25) is 0 Å². The molecule has 0 saturated heterocycles. The Kier molecular flexibility index (Phi) is 8.22. The molecule has 4 heteroatoms. The summed E-state index contributed by atoms with van der Waals surface area (Å²) in [5.41, 5.74) is 12.8. The standard InChI is InChI=1S/C46H44N2O2/c1-28-20-29(2)22-33(21-28)31-13-11-14-32(23-31)39-25-36(46(6,7)8)26-41-43(39)48-44(50-41)38-18-16-30-12-9-10-15-37(30)42(38)47-27-34-24-35(45(3,4)5)17-19-40(34)49/h9-27,49H,1-8H3. The summed E-state index contributed by atoms with van der Waals surface area (Å²) in [4.78, 5) is 10.3. The van der Waals surface area contributed by atoms with Crippen LogP contribution in [0.5, 0.6) is 5.75 Å². The molecule has 0 atom stereocenters. The van der Waals surface area contributed by atoms with E-state index in [4.69, 9.17) is 14.4 Å². The molecule has 0 bridgehead atoms. The fourth-order valence-corrected chi connectivity index (χ4v) is 6.63. The third kappa shape index (κ3) is 6.46. The van der Waals surface area contributed by atoms with Crippen molar-refractivity contribution in [1.82, 2.24) is 4.98 Å². The third-order valence-corrected chi connectivity index (χ3v) is 9.45. The van der Waals surface area contributed by atoms with Gasteiger partial charge in [-0.2, -0.15) is 0 Å². The molecule has 1 aromatic heterocycles. The van der Waals surface area contributed by atoms with Gasteiger partial charge in [-0.25, -0.2) is 4.98 Å². The summed E-state index contributed by atoms with van der Waals surface area (Å²) < 4.78 is 6.69. The lowest BCUT2D eigenvalue weighted by molar-refractivity contribution is 0.473. The molecular weight excluding hydrogens is 613 g/mol. The SMILES string of the molecule is Cc1cc(C)cc(-c2cccc(-c3cc(C(C)(C)C)cc4oc(-c5ccc6ccccc6c5N=Cc5cc(C(C)(C)C)ccc5O)nc34)c2)c1. The Labute approximate surface area is 295 Å². The second kappa shape index (κ2) is 12.4. The molecule has 0 amide bonds. The number of benzene rings is 6. The molecule has 0 saturated carbocycles. The van der Waals surface area contributed by atoms with Gasteiger partial charge in [-0.15, -0.1) is 0 Å². The molecule has 0 radical (unpaired) electrons. The first kappa shape index (κ1) is 33.0. The van der Waals surface area contributed by atoms with Crippen molar-refractivity contribution < 1.29 is 9.52 Å². The summed E-state index contributed by atoms with van der Waals surface area (Å²) >= 11 is 0. The summed E-state index contributed by atoms with van der Waals surface area (Å²) in [5, 5.41) is 12.8. The van der Waals surface area contributed by atoms with Gasteiger partial charge in [0.05, 0.1) is 11.3 Å². The lowest BCUT2D eigenvalue weighted by Crippen LogP contribution is -2.11. The Morgan fingerprint density at radius 1 is 0.640 bits per heavy atom. The van der Waals surface area contributed by atoms with Crippen LogP contribution in [0.4, 0.5) is 5.69 Å². The molecule has 4 nitrogen and oxygen atoms in total. The summed E-state index contributed by atoms with van der Waals surface area (Å²) in [5.74, 6) is 0.691. The molecule has 0 aliphatic carbocycles. The number of hydrogen-bond donors (Lipinski definition) is 1. The maximum atomic E-state index is 10.8. The van der Waals surface area contributed by atoms with Crippen molar-refractivity contribution in [2.75, 3.05) is 0 Å². The molecule has 7 rings (SSSR count). The minimum Gasteiger partial charge on any atom is -0.507 e. The van der Waals surface area contributed by atoms with Gasteiger partial charge >= 0.3 is 0 Å². The number of hydrogen-bond acceptors (Lipinski definition) is 4. The van der Waals surface area contributed by atoms with Crippen LogP contribution in [0.15, 0.2) is 119 Å². The van der Waals surface area contributed by atoms with Crippen molar-refractivity contribution in [3.05, 3.63) is 137 Å². The third-order valence-electron chi connectivity index (χ3n) is 9.45. The molecule has 0 spiro atoms. The topological polar surface area (TPSA) is 58.6 Å². The number of aromatic hydroxyl groups is 1. The predicted molar refractivity (Wildman–Crippen MR) is 210 cm³/mol. The number of phenolic OH excluding ortho intramolecular Hbond substituents is 1. The highest BCUT2D eigenvalue weighted by atomic mass is 16.3. The second-order valence-corrected chi connectivity index (χ2v) is 15.6. The van der Waals surface area contributed by atoms with E-state index in [1.807, 2.05) is 30.3 Å². The lowest BCUT2D eigenvalue weighted by atomic mass is 9.84. The van der Waals surface area contributed by atoms with E-state index in [1.165, 1.54) is 22.3 Å². The number of fused-ring (bicyclic) bond motifs is 2. The molecule has 6 aromatic carbocycles. The van der Waals surface area contributed by atoms with E-state index in [-0.39, 0.29) is 16.6 Å². The Balaban J connectivity index is 1.42. The Hall–Kier alpha value is -5.48. The normalized spacial score (nSPS) is 12.4. The van der Waals surface area contributed by atoms with Crippen LogP contribution in [0.3, 0.4) is 0 Å². The van der Waals surface area contributed by atoms with Crippen LogP contribution < -0.4 is 0 Å². The van der Waals surface area contributed by atoms with E-state index >= 15 is 0 Å². The first-order valence-corrected chi connectivity index (χ1v) is 17.3. The average molecular weight is 657 g/mol. The maximum absolute atomic E-state index is 10.8. The first-order valence-electron chi connectivity index (χ1n) is 17.3. The monoisotopic (exact) mass is 656 g/mol. The van der Waals surface area contributed by atoms with Gasteiger partial charge in [0.1, 0.15) is 11.3 Å². The van der Waals surface area contributed by atoms with Gasteiger partial charge in [-0.05, 0) is 94.3 Å². The van der Waals surface area contributed by atoms with E-state index in [0.29, 0.717) is 11.5 Å². The van der Waals surface area contributed by atoms with Gasteiger partial charge in [-0.1, -0.05) is 125 Å². The molecule has 1 heterocycles. The van der Waals surface area contributed by atoms with E-state index < -0.39 is 0 Å². The van der Waals surface area contributed by atoms with Gasteiger partial charge in [0, 0.05) is 22.7 Å². The van der Waals surface area contributed by atoms with Crippen molar-refractivity contribution in [1.29, 1.82) is 0 Å². The lowest BCUT2D eigenvalue weighted by Gasteiger charge is -2.20. The Morgan fingerprint density at radius 3 is 2.10 bits per heavy atom. The number of aryl methyl sites for hydroxylation is 2. The van der Waals surface area contributed by atoms with Gasteiger partial charge in [0.25, 0.3) is 0 Å². The minimum absolute atomic E-state index is 0.0682. The number of oxazole rings is 1. The zero-order chi connectivity index (χ0) is 35.4. The van der Waals surface area contributed by atoms with E-state index in [2.05, 4.69) is 128 Å². The average Bonchev–Trinajstić information content (AvgIpc) is 3.50. The Morgan fingerprint density at radius 2 is 1.36 bits per heavy atom. The fourth-order valence-electron chi connectivity index (χ4n) is 6.63. The zero-order valence-corrected chi connectivity index (χ0v) is 30.2. The Bertz CT molecular complexity index is 2410. The zero-order valence-electron chi connectivity index (χ0n) is 30.2. The summed E-state index contributed by atoms with van der Waals surface area (Å²) in [7, 11) is 0. The molecule has 1 N–H and O–H groups in total. The summed E-state index contributed by atoms with van der Waals surface area (Å²) in [6, 6.07) is 37.8. The summed E-state index contributed by atoms with van der Waals surface area (Å²) in [6.45, 7) is 17.4. The number of nitrogens with zero attached hydrogens (tertiary/aromatic N) is 2. The van der Waals surface area contributed by atoms with Crippen molar-refractivity contribution in [2.45, 2.75) is 66.2 Å². The van der Waals surface area contributed by atoms with E-state index in [0.717, 1.165) is 55.4 Å². The quantitative estimate of drug-likeness (QED) is 0.188. The molecule has 0 fully saturated rings. The van der Waals surface area contributed by atoms with Gasteiger partial charge in [0.2, 0.25) is 5.89 Å². The predicted octanol–water partition coefficient (Wildman–Crippen LogP) is 12.7. The van der Waals surface area contributed by atoms with Gasteiger partial charge in [0.15, 0.2) is 5.58 Å². The molecular formula is C46H44N2O2. The number of phenols is 1. The van der Waals surface area contributed by atoms with Crippen molar-refractivity contribution in [3.8, 4) is 39.5 Å². The fraction of sp³-hybridized carbons (Fsp3) is 0.217. The smallest absolute Gasteiger partial charge is 0.229 e. The first-order chi connectivity index (χ1) is 23.7. The molecule has 250 valence electrons. The molecule has 0 unspecified atom stereocenters. The molecule has 7 aromatic rings. The van der Waals surface area contributed by atoms with Gasteiger partial charge < -0.3 is 9.52 Å². The number of rotatable bonds is 5. The molecule has 0 aliphatic rings. The van der Waals surface area contributed by atoms with Crippen molar-refractivity contribution in [2.24, 2.45) is 4.99 Å². The van der Waals surface area contributed by atoms with Crippen LogP contribution in [-0.2, 0) is 10.8 Å². The number of aromatic nitrogens is 1. The second-order valence-electron chi connectivity index (χ2n) is 15.6. The highest BCUT2D eigenvalue weighted by Crippen LogP contribution is 2.42. The van der Waals surface area contributed by atoms with Crippen LogP contribution in [-0.4, -0.2) is 16.3 Å². The van der Waals surface area contributed by atoms with Crippen LogP contribution in [0, 0.1) is 13.8 Å².